The topological polar surface area (TPSA) is 86.5 Å². The van der Waals surface area contributed by atoms with Gasteiger partial charge in [-0.25, -0.2) is 4.79 Å². The van der Waals surface area contributed by atoms with Gasteiger partial charge in [0.15, 0.2) is 11.2 Å². The van der Waals surface area contributed by atoms with Crippen LogP contribution in [0.4, 0.5) is 0 Å². The van der Waals surface area contributed by atoms with Crippen LogP contribution in [0.25, 0.3) is 22.6 Å². The van der Waals surface area contributed by atoms with Crippen LogP contribution in [0, 0.1) is 6.92 Å². The Kier molecular flexibility index (Phi) is 3.50. The largest absolute Gasteiger partial charge is 0.506 e. The number of nitrogens with zero attached hydrogens (tertiary/aromatic N) is 5. The standard InChI is InChI=1S/C18H19N5O3/c1-4-9-21-16(25)14-15(20(3)18(21)26)19-17-22(14)10-11(2)23(17)12-7-5-6-8-13(12)24/h5-8,10,24H,4,9H2,1-3H3. The molecule has 0 aliphatic heterocycles. The minimum atomic E-state index is -0.379. The number of aromatic nitrogens is 5. The zero-order valence-corrected chi connectivity index (χ0v) is 14.8. The lowest BCUT2D eigenvalue weighted by atomic mass is 10.3. The molecule has 0 unspecified atom stereocenters. The lowest BCUT2D eigenvalue weighted by Crippen LogP contribution is -2.39. The van der Waals surface area contributed by atoms with Crippen molar-refractivity contribution in [1.29, 1.82) is 0 Å². The predicted octanol–water partition coefficient (Wildman–Crippen LogP) is 1.56. The summed E-state index contributed by atoms with van der Waals surface area (Å²) in [6.45, 7) is 4.15. The molecule has 1 aromatic carbocycles. The lowest BCUT2D eigenvalue weighted by molar-refractivity contribution is 0.472. The van der Waals surface area contributed by atoms with E-state index < -0.39 is 0 Å². The van der Waals surface area contributed by atoms with Crippen LogP contribution >= 0.6 is 0 Å². The predicted molar refractivity (Wildman–Crippen MR) is 98.2 cm³/mol. The molecule has 0 radical (unpaired) electrons. The number of fused-ring (bicyclic) bond motifs is 3. The average Bonchev–Trinajstić information content (AvgIpc) is 3.12. The highest BCUT2D eigenvalue weighted by atomic mass is 16.3. The molecule has 134 valence electrons. The van der Waals surface area contributed by atoms with Crippen LogP contribution in [0.3, 0.4) is 0 Å². The molecule has 4 aromatic rings. The van der Waals surface area contributed by atoms with Crippen molar-refractivity contribution < 1.29 is 5.11 Å². The lowest BCUT2D eigenvalue weighted by Gasteiger charge is -2.07. The van der Waals surface area contributed by atoms with Gasteiger partial charge in [-0.05, 0) is 25.5 Å². The zero-order chi connectivity index (χ0) is 18.6. The second kappa shape index (κ2) is 5.62. The molecule has 0 aliphatic carbocycles. The Balaban J connectivity index is 2.17. The molecule has 0 bridgehead atoms. The van der Waals surface area contributed by atoms with E-state index in [2.05, 4.69) is 4.98 Å². The van der Waals surface area contributed by atoms with Gasteiger partial charge in [0.05, 0.1) is 5.69 Å². The number of para-hydroxylation sites is 2. The Labute approximate surface area is 148 Å². The van der Waals surface area contributed by atoms with Gasteiger partial charge in [-0.15, -0.1) is 0 Å². The molecule has 3 aromatic heterocycles. The van der Waals surface area contributed by atoms with Crippen molar-refractivity contribution in [2.45, 2.75) is 26.8 Å². The van der Waals surface area contributed by atoms with Crippen molar-refractivity contribution in [3.63, 3.8) is 0 Å². The number of hydrogen-bond acceptors (Lipinski definition) is 4. The van der Waals surface area contributed by atoms with E-state index in [4.69, 9.17) is 0 Å². The third-order valence-electron chi connectivity index (χ3n) is 4.60. The third kappa shape index (κ3) is 2.05. The zero-order valence-electron chi connectivity index (χ0n) is 14.8. The highest BCUT2D eigenvalue weighted by Crippen LogP contribution is 2.26. The van der Waals surface area contributed by atoms with Crippen molar-refractivity contribution in [3.05, 3.63) is 57.0 Å². The number of imidazole rings is 2. The molecule has 0 saturated heterocycles. The van der Waals surface area contributed by atoms with Crippen LogP contribution in [-0.4, -0.2) is 28.2 Å². The average molecular weight is 353 g/mol. The van der Waals surface area contributed by atoms with Gasteiger partial charge in [0, 0.05) is 25.5 Å². The number of aryl methyl sites for hydroxylation is 2. The van der Waals surface area contributed by atoms with Crippen molar-refractivity contribution >= 4 is 16.9 Å². The summed E-state index contributed by atoms with van der Waals surface area (Å²) in [7, 11) is 1.61. The Morgan fingerprint density at radius 3 is 2.62 bits per heavy atom. The highest BCUT2D eigenvalue weighted by Gasteiger charge is 2.21. The maximum atomic E-state index is 12.9. The number of aromatic hydroxyl groups is 1. The van der Waals surface area contributed by atoms with Gasteiger partial charge in [0.25, 0.3) is 5.56 Å². The van der Waals surface area contributed by atoms with Crippen LogP contribution < -0.4 is 11.2 Å². The van der Waals surface area contributed by atoms with Gasteiger partial charge < -0.3 is 5.11 Å². The Morgan fingerprint density at radius 1 is 1.19 bits per heavy atom. The first-order valence-corrected chi connectivity index (χ1v) is 8.44. The van der Waals surface area contributed by atoms with E-state index in [1.54, 1.807) is 40.4 Å². The summed E-state index contributed by atoms with van der Waals surface area (Å²) in [4.78, 5) is 30.0. The summed E-state index contributed by atoms with van der Waals surface area (Å²) in [5.74, 6) is 0.582. The van der Waals surface area contributed by atoms with Crippen molar-refractivity contribution in [2.75, 3.05) is 0 Å². The van der Waals surface area contributed by atoms with Crippen LogP contribution in [-0.2, 0) is 13.6 Å². The fourth-order valence-electron chi connectivity index (χ4n) is 3.38. The molecule has 0 saturated carbocycles. The number of phenolic OH excluding ortho intramolecular Hbond substituents is 1. The molecule has 26 heavy (non-hydrogen) atoms. The van der Waals surface area contributed by atoms with E-state index in [1.165, 1.54) is 9.13 Å². The molecule has 8 nitrogen and oxygen atoms in total. The summed E-state index contributed by atoms with van der Waals surface area (Å²) in [6.07, 6.45) is 2.47. The molecule has 4 rings (SSSR count). The van der Waals surface area contributed by atoms with Crippen molar-refractivity contribution in [1.82, 2.24) is 23.1 Å². The number of rotatable bonds is 3. The van der Waals surface area contributed by atoms with Crippen LogP contribution in [0.5, 0.6) is 5.75 Å². The summed E-state index contributed by atoms with van der Waals surface area (Å²) in [5, 5.41) is 10.2. The maximum Gasteiger partial charge on any atom is 0.332 e. The summed E-state index contributed by atoms with van der Waals surface area (Å²) in [6, 6.07) is 6.93. The van der Waals surface area contributed by atoms with Crippen LogP contribution in [0.1, 0.15) is 19.0 Å². The van der Waals surface area contributed by atoms with Crippen molar-refractivity contribution in [2.24, 2.45) is 7.05 Å². The number of benzene rings is 1. The number of hydrogen-bond donors (Lipinski definition) is 1. The molecule has 0 aliphatic rings. The minimum absolute atomic E-state index is 0.109. The molecular formula is C18H19N5O3. The Bertz CT molecular complexity index is 1270. The SMILES string of the molecule is CCCn1c(=O)c2c(nc3n(-c4ccccc4O)c(C)cn23)n(C)c1=O. The third-order valence-corrected chi connectivity index (χ3v) is 4.60. The fraction of sp³-hybridized carbons (Fsp3) is 0.278. The maximum absolute atomic E-state index is 12.9. The minimum Gasteiger partial charge on any atom is -0.506 e. The molecule has 8 heteroatoms. The van der Waals surface area contributed by atoms with Gasteiger partial charge in [-0.2, -0.15) is 4.98 Å². The quantitative estimate of drug-likeness (QED) is 0.606. The molecular weight excluding hydrogens is 334 g/mol. The van der Waals surface area contributed by atoms with E-state index >= 15 is 0 Å². The normalized spacial score (nSPS) is 11.7. The van der Waals surface area contributed by atoms with Gasteiger partial charge in [0.2, 0.25) is 5.78 Å². The van der Waals surface area contributed by atoms with Gasteiger partial charge >= 0.3 is 5.69 Å². The molecule has 0 amide bonds. The van der Waals surface area contributed by atoms with Crippen molar-refractivity contribution in [3.8, 4) is 11.4 Å². The van der Waals surface area contributed by atoms with Gasteiger partial charge in [-0.3, -0.25) is 22.9 Å². The summed E-state index contributed by atoms with van der Waals surface area (Å²) >= 11 is 0. The highest BCUT2D eigenvalue weighted by molar-refractivity contribution is 5.76. The second-order valence-corrected chi connectivity index (χ2v) is 6.35. The molecule has 0 fully saturated rings. The number of phenols is 1. The second-order valence-electron chi connectivity index (χ2n) is 6.35. The van der Waals surface area contributed by atoms with Crippen LogP contribution in [0.2, 0.25) is 0 Å². The fourth-order valence-corrected chi connectivity index (χ4v) is 3.38. The van der Waals surface area contributed by atoms with Crippen LogP contribution in [0.15, 0.2) is 40.1 Å². The Hall–Kier alpha value is -3.29. The smallest absolute Gasteiger partial charge is 0.332 e. The monoisotopic (exact) mass is 353 g/mol. The first-order chi connectivity index (χ1) is 12.5. The van der Waals surface area contributed by atoms with E-state index in [-0.39, 0.29) is 17.0 Å². The molecule has 1 N–H and O–H groups in total. The molecule has 3 heterocycles. The first-order valence-electron chi connectivity index (χ1n) is 8.44. The first kappa shape index (κ1) is 16.2. The van der Waals surface area contributed by atoms with Gasteiger partial charge in [0.1, 0.15) is 5.75 Å². The van der Waals surface area contributed by atoms with Gasteiger partial charge in [-0.1, -0.05) is 19.1 Å². The van der Waals surface area contributed by atoms with E-state index in [1.807, 2.05) is 19.9 Å². The Morgan fingerprint density at radius 2 is 1.92 bits per heavy atom. The molecule has 0 atom stereocenters. The van der Waals surface area contributed by atoms with E-state index in [9.17, 15) is 14.7 Å². The van der Waals surface area contributed by atoms with E-state index in [0.29, 0.717) is 35.6 Å². The summed E-state index contributed by atoms with van der Waals surface area (Å²) in [5.41, 5.74) is 1.32. The summed E-state index contributed by atoms with van der Waals surface area (Å²) < 4.78 is 6.08. The van der Waals surface area contributed by atoms with E-state index in [0.717, 1.165) is 5.69 Å². The molecule has 0 spiro atoms.